The molecule has 2 amide bonds. The first-order valence-corrected chi connectivity index (χ1v) is 8.55. The smallest absolute Gasteiger partial charge is 0.315 e. The van der Waals surface area contributed by atoms with Crippen molar-refractivity contribution in [1.29, 1.82) is 0 Å². The zero-order valence-electron chi connectivity index (χ0n) is 14.5. The number of carbonyl (C=O) groups is 1. The normalized spacial score (nSPS) is 14.7. The molecule has 0 saturated heterocycles. The molecule has 0 spiro atoms. The number of fused-ring (bicyclic) bond motifs is 1. The molecule has 2 aromatic rings. The standard InChI is InChI=1S/C18H24N4O3/c1-12(2)17(21-18(23)19-11-14-6-7-20-22-14)13-4-5-15-16(10-13)25-9-3-8-24-15/h4-7,10,12,17H,3,8-9,11H2,1-2H3,(H,20,22)(H2,19,21,23)/t17-/m1/s1. The van der Waals surface area contributed by atoms with Crippen LogP contribution in [0, 0.1) is 5.92 Å². The number of nitrogens with zero attached hydrogens (tertiary/aromatic N) is 1. The van der Waals surface area contributed by atoms with E-state index >= 15 is 0 Å². The van der Waals surface area contributed by atoms with E-state index in [-0.39, 0.29) is 18.0 Å². The average Bonchev–Trinajstić information content (AvgIpc) is 3.01. The van der Waals surface area contributed by atoms with Gasteiger partial charge in [0.1, 0.15) is 0 Å². The van der Waals surface area contributed by atoms with Gasteiger partial charge in [0.2, 0.25) is 0 Å². The van der Waals surface area contributed by atoms with Crippen molar-refractivity contribution in [3.63, 3.8) is 0 Å². The number of carbonyl (C=O) groups excluding carboxylic acids is 1. The van der Waals surface area contributed by atoms with Crippen molar-refractivity contribution in [2.24, 2.45) is 5.92 Å². The summed E-state index contributed by atoms with van der Waals surface area (Å²) < 4.78 is 11.4. The lowest BCUT2D eigenvalue weighted by Gasteiger charge is -2.24. The first kappa shape index (κ1) is 17.1. The first-order chi connectivity index (χ1) is 12.1. The summed E-state index contributed by atoms with van der Waals surface area (Å²) >= 11 is 0. The molecule has 134 valence electrons. The van der Waals surface area contributed by atoms with Crippen molar-refractivity contribution >= 4 is 6.03 Å². The van der Waals surface area contributed by atoms with Crippen LogP contribution in [0.15, 0.2) is 30.5 Å². The number of benzene rings is 1. The molecule has 7 heteroatoms. The van der Waals surface area contributed by atoms with Gasteiger partial charge in [0, 0.05) is 12.6 Å². The Morgan fingerprint density at radius 3 is 2.76 bits per heavy atom. The van der Waals surface area contributed by atoms with Crippen LogP contribution < -0.4 is 20.1 Å². The molecule has 3 rings (SSSR count). The van der Waals surface area contributed by atoms with Crippen LogP contribution in [0.2, 0.25) is 0 Å². The molecule has 0 aliphatic carbocycles. The Balaban J connectivity index is 1.68. The largest absolute Gasteiger partial charge is 0.490 e. The Morgan fingerprint density at radius 1 is 1.24 bits per heavy atom. The molecule has 1 aliphatic heterocycles. The van der Waals surface area contributed by atoms with E-state index in [0.717, 1.165) is 29.2 Å². The van der Waals surface area contributed by atoms with Crippen LogP contribution in [-0.4, -0.2) is 29.4 Å². The summed E-state index contributed by atoms with van der Waals surface area (Å²) in [6.07, 6.45) is 2.52. The molecule has 0 unspecified atom stereocenters. The maximum Gasteiger partial charge on any atom is 0.315 e. The lowest BCUT2D eigenvalue weighted by Crippen LogP contribution is -2.39. The fraction of sp³-hybridized carbons (Fsp3) is 0.444. The molecule has 25 heavy (non-hydrogen) atoms. The predicted octanol–water partition coefficient (Wildman–Crippen LogP) is 2.77. The van der Waals surface area contributed by atoms with Gasteiger partial charge in [0.05, 0.1) is 31.5 Å². The number of amides is 2. The second-order valence-electron chi connectivity index (χ2n) is 6.39. The molecule has 0 radical (unpaired) electrons. The third kappa shape index (κ3) is 4.43. The van der Waals surface area contributed by atoms with Crippen LogP contribution in [0.4, 0.5) is 4.79 Å². The molecular formula is C18H24N4O3. The maximum absolute atomic E-state index is 12.3. The number of nitrogens with one attached hydrogen (secondary N) is 3. The number of rotatable bonds is 5. The topological polar surface area (TPSA) is 88.3 Å². The van der Waals surface area contributed by atoms with Crippen molar-refractivity contribution < 1.29 is 14.3 Å². The van der Waals surface area contributed by atoms with E-state index in [1.807, 2.05) is 24.3 Å². The van der Waals surface area contributed by atoms with Gasteiger partial charge in [-0.1, -0.05) is 19.9 Å². The highest BCUT2D eigenvalue weighted by atomic mass is 16.5. The summed E-state index contributed by atoms with van der Waals surface area (Å²) in [4.78, 5) is 12.3. The Morgan fingerprint density at radius 2 is 2.04 bits per heavy atom. The van der Waals surface area contributed by atoms with Gasteiger partial charge in [-0.2, -0.15) is 5.10 Å². The molecule has 3 N–H and O–H groups in total. The number of aromatic amines is 1. The second-order valence-corrected chi connectivity index (χ2v) is 6.39. The number of hydrogen-bond acceptors (Lipinski definition) is 4. The predicted molar refractivity (Wildman–Crippen MR) is 93.6 cm³/mol. The van der Waals surface area contributed by atoms with Crippen LogP contribution in [0.3, 0.4) is 0 Å². The van der Waals surface area contributed by atoms with E-state index in [0.29, 0.717) is 19.8 Å². The van der Waals surface area contributed by atoms with Crippen LogP contribution in [-0.2, 0) is 6.54 Å². The van der Waals surface area contributed by atoms with Gasteiger partial charge in [0.25, 0.3) is 0 Å². The van der Waals surface area contributed by atoms with Crippen molar-refractivity contribution in [1.82, 2.24) is 20.8 Å². The summed E-state index contributed by atoms with van der Waals surface area (Å²) in [7, 11) is 0. The van der Waals surface area contributed by atoms with Crippen molar-refractivity contribution in [3.8, 4) is 11.5 Å². The summed E-state index contributed by atoms with van der Waals surface area (Å²) in [5, 5.41) is 12.6. The summed E-state index contributed by atoms with van der Waals surface area (Å²) in [5.74, 6) is 1.72. The number of ether oxygens (including phenoxy) is 2. The number of aromatic nitrogens is 2. The number of H-pyrrole nitrogens is 1. The molecule has 1 atom stereocenters. The van der Waals surface area contributed by atoms with Crippen LogP contribution in [0.1, 0.15) is 37.6 Å². The molecule has 1 aromatic carbocycles. The minimum atomic E-state index is -0.222. The van der Waals surface area contributed by atoms with Crippen molar-refractivity contribution in [2.75, 3.05) is 13.2 Å². The molecule has 0 bridgehead atoms. The average molecular weight is 344 g/mol. The maximum atomic E-state index is 12.3. The SMILES string of the molecule is CC(C)[C@@H](NC(=O)NCc1ccn[nH]1)c1ccc2c(c1)OCCCO2. The van der Waals surface area contributed by atoms with Crippen LogP contribution >= 0.6 is 0 Å². The lowest BCUT2D eigenvalue weighted by molar-refractivity contribution is 0.232. The van der Waals surface area contributed by atoms with Crippen molar-refractivity contribution in [2.45, 2.75) is 32.9 Å². The van der Waals surface area contributed by atoms with E-state index in [2.05, 4.69) is 34.7 Å². The summed E-state index contributed by atoms with van der Waals surface area (Å²) in [6, 6.07) is 7.33. The van der Waals surface area contributed by atoms with Crippen LogP contribution in [0.25, 0.3) is 0 Å². The van der Waals surface area contributed by atoms with E-state index < -0.39 is 0 Å². The molecule has 1 aliphatic rings. The Bertz CT molecular complexity index is 700. The van der Waals surface area contributed by atoms with Gasteiger partial charge < -0.3 is 20.1 Å². The molecule has 2 heterocycles. The first-order valence-electron chi connectivity index (χ1n) is 8.55. The fourth-order valence-corrected chi connectivity index (χ4v) is 2.76. The van der Waals surface area contributed by atoms with Gasteiger partial charge >= 0.3 is 6.03 Å². The summed E-state index contributed by atoms with van der Waals surface area (Å²) in [5.41, 5.74) is 1.85. The number of urea groups is 1. The minimum absolute atomic E-state index is 0.126. The molecule has 0 fully saturated rings. The fourth-order valence-electron chi connectivity index (χ4n) is 2.76. The van der Waals surface area contributed by atoms with Gasteiger partial charge in [-0.05, 0) is 29.7 Å². The lowest BCUT2D eigenvalue weighted by atomic mass is 9.96. The zero-order valence-corrected chi connectivity index (χ0v) is 14.5. The van der Waals surface area contributed by atoms with Gasteiger partial charge in [-0.25, -0.2) is 4.79 Å². The highest BCUT2D eigenvalue weighted by molar-refractivity contribution is 5.74. The third-order valence-electron chi connectivity index (χ3n) is 4.08. The highest BCUT2D eigenvalue weighted by Crippen LogP contribution is 2.34. The molecule has 7 nitrogen and oxygen atoms in total. The number of hydrogen-bond donors (Lipinski definition) is 3. The van der Waals surface area contributed by atoms with Crippen LogP contribution in [0.5, 0.6) is 11.5 Å². The Hall–Kier alpha value is -2.70. The molecular weight excluding hydrogens is 320 g/mol. The van der Waals surface area contributed by atoms with Gasteiger partial charge in [-0.15, -0.1) is 0 Å². The van der Waals surface area contributed by atoms with Crippen molar-refractivity contribution in [3.05, 3.63) is 41.7 Å². The molecule has 1 aromatic heterocycles. The van der Waals surface area contributed by atoms with Gasteiger partial charge in [-0.3, -0.25) is 5.10 Å². The quantitative estimate of drug-likeness (QED) is 0.778. The minimum Gasteiger partial charge on any atom is -0.490 e. The highest BCUT2D eigenvalue weighted by Gasteiger charge is 2.21. The van der Waals surface area contributed by atoms with E-state index in [1.165, 1.54) is 0 Å². The van der Waals surface area contributed by atoms with Gasteiger partial charge in [0.15, 0.2) is 11.5 Å². The van der Waals surface area contributed by atoms with E-state index in [4.69, 9.17) is 9.47 Å². The Kier molecular flexibility index (Phi) is 5.42. The molecule has 0 saturated carbocycles. The zero-order chi connectivity index (χ0) is 17.6. The second kappa shape index (κ2) is 7.92. The summed E-state index contributed by atoms with van der Waals surface area (Å²) in [6.45, 7) is 5.85. The Labute approximate surface area is 147 Å². The van der Waals surface area contributed by atoms with E-state index in [9.17, 15) is 4.79 Å². The monoisotopic (exact) mass is 344 g/mol. The third-order valence-corrected chi connectivity index (χ3v) is 4.08. The van der Waals surface area contributed by atoms with E-state index in [1.54, 1.807) is 6.20 Å².